The Kier molecular flexibility index (Phi) is 6.55. The lowest BCUT2D eigenvalue weighted by Crippen LogP contribution is -2.44. The van der Waals surface area contributed by atoms with Gasteiger partial charge in [0, 0.05) is 25.3 Å². The summed E-state index contributed by atoms with van der Waals surface area (Å²) in [5.41, 5.74) is 5.12. The third-order valence-electron chi connectivity index (χ3n) is 6.14. The number of piperidine rings is 1. The summed E-state index contributed by atoms with van der Waals surface area (Å²) in [7, 11) is 0. The number of rotatable bonds is 6. The van der Waals surface area contributed by atoms with Gasteiger partial charge in [-0.2, -0.15) is 5.26 Å². The first-order chi connectivity index (χ1) is 15.5. The number of imidazole rings is 1. The molecule has 0 bridgehead atoms. The van der Waals surface area contributed by atoms with E-state index in [9.17, 15) is 4.79 Å². The standard InChI is InChI=1S/C26H29N5O/c1-19-5-3-7-24(13-19)30-12-4-6-23(17-30)26(32)29-20(2)25-15-28-18-31(25)16-22-10-8-21(14-27)9-11-22/h3,5,7-11,13,15,18,20,23H,4,6,12,16-17H2,1-2H3,(H,29,32)/t20-,23?/m0/s1. The van der Waals surface area contributed by atoms with Crippen LogP contribution >= 0.6 is 0 Å². The highest BCUT2D eigenvalue weighted by atomic mass is 16.2. The van der Waals surface area contributed by atoms with Gasteiger partial charge in [0.25, 0.3) is 0 Å². The topological polar surface area (TPSA) is 74.0 Å². The molecular weight excluding hydrogens is 398 g/mol. The lowest BCUT2D eigenvalue weighted by molar-refractivity contribution is -0.125. The van der Waals surface area contributed by atoms with Crippen molar-refractivity contribution >= 4 is 11.6 Å². The molecule has 1 unspecified atom stereocenters. The maximum atomic E-state index is 13.1. The van der Waals surface area contributed by atoms with Gasteiger partial charge >= 0.3 is 0 Å². The molecule has 1 fully saturated rings. The Morgan fingerprint density at radius 1 is 1.28 bits per heavy atom. The predicted molar refractivity (Wildman–Crippen MR) is 125 cm³/mol. The second-order valence-electron chi connectivity index (χ2n) is 8.61. The second kappa shape index (κ2) is 9.69. The fourth-order valence-corrected chi connectivity index (χ4v) is 4.36. The molecule has 0 spiro atoms. The van der Waals surface area contributed by atoms with Gasteiger partial charge in [-0.1, -0.05) is 24.3 Å². The molecule has 1 aromatic heterocycles. The van der Waals surface area contributed by atoms with E-state index in [1.807, 2.05) is 42.0 Å². The number of aryl methyl sites for hydroxylation is 1. The third kappa shape index (κ3) is 5.00. The van der Waals surface area contributed by atoms with Crippen molar-refractivity contribution in [1.82, 2.24) is 14.9 Å². The Bertz CT molecular complexity index is 1110. The lowest BCUT2D eigenvalue weighted by Gasteiger charge is -2.34. The lowest BCUT2D eigenvalue weighted by atomic mass is 9.96. The summed E-state index contributed by atoms with van der Waals surface area (Å²) in [6.07, 6.45) is 5.52. The van der Waals surface area contributed by atoms with E-state index in [2.05, 4.69) is 52.5 Å². The fraction of sp³-hybridized carbons (Fsp3) is 0.346. The molecule has 2 atom stereocenters. The molecule has 0 radical (unpaired) electrons. The molecule has 1 N–H and O–H groups in total. The van der Waals surface area contributed by atoms with Crippen molar-refractivity contribution < 1.29 is 4.79 Å². The van der Waals surface area contributed by atoms with E-state index >= 15 is 0 Å². The SMILES string of the molecule is Cc1cccc(N2CCCC(C(=O)N[C@@H](C)c3cncn3Cc3ccc(C#N)cc3)C2)c1. The van der Waals surface area contributed by atoms with Gasteiger partial charge in [-0.3, -0.25) is 4.79 Å². The van der Waals surface area contributed by atoms with Gasteiger partial charge in [0.15, 0.2) is 0 Å². The summed E-state index contributed by atoms with van der Waals surface area (Å²) in [6.45, 7) is 6.48. The van der Waals surface area contributed by atoms with Crippen LogP contribution in [0.5, 0.6) is 0 Å². The number of amides is 1. The molecular formula is C26H29N5O. The van der Waals surface area contributed by atoms with Crippen LogP contribution < -0.4 is 10.2 Å². The number of hydrogen-bond donors (Lipinski definition) is 1. The number of hydrogen-bond acceptors (Lipinski definition) is 4. The van der Waals surface area contributed by atoms with Crippen molar-refractivity contribution in [2.45, 2.75) is 39.3 Å². The van der Waals surface area contributed by atoms with Crippen LogP contribution in [-0.4, -0.2) is 28.5 Å². The van der Waals surface area contributed by atoms with Gasteiger partial charge in [0.2, 0.25) is 5.91 Å². The van der Waals surface area contributed by atoms with Gasteiger partial charge < -0.3 is 14.8 Å². The number of anilines is 1. The summed E-state index contributed by atoms with van der Waals surface area (Å²) in [5.74, 6) is 0.0718. The molecule has 1 aliphatic heterocycles. The summed E-state index contributed by atoms with van der Waals surface area (Å²) < 4.78 is 2.05. The molecule has 4 rings (SSSR count). The first-order valence-electron chi connectivity index (χ1n) is 11.1. The van der Waals surface area contributed by atoms with Gasteiger partial charge in [-0.25, -0.2) is 4.98 Å². The molecule has 0 aliphatic carbocycles. The smallest absolute Gasteiger partial charge is 0.225 e. The van der Waals surface area contributed by atoms with E-state index in [1.165, 1.54) is 11.3 Å². The van der Waals surface area contributed by atoms with Crippen molar-refractivity contribution in [1.29, 1.82) is 5.26 Å². The molecule has 1 saturated heterocycles. The highest BCUT2D eigenvalue weighted by Gasteiger charge is 2.27. The average Bonchev–Trinajstić information content (AvgIpc) is 3.28. The first kappa shape index (κ1) is 21.6. The summed E-state index contributed by atoms with van der Waals surface area (Å²) in [5, 5.41) is 12.2. The van der Waals surface area contributed by atoms with Crippen molar-refractivity contribution in [2.75, 3.05) is 18.0 Å². The zero-order valence-electron chi connectivity index (χ0n) is 18.7. The minimum absolute atomic E-state index is 0.0263. The minimum Gasteiger partial charge on any atom is -0.371 e. The van der Waals surface area contributed by atoms with Gasteiger partial charge in [-0.15, -0.1) is 0 Å². The highest BCUT2D eigenvalue weighted by molar-refractivity contribution is 5.80. The summed E-state index contributed by atoms with van der Waals surface area (Å²) in [4.78, 5) is 19.7. The van der Waals surface area contributed by atoms with Crippen LogP contribution in [0.3, 0.4) is 0 Å². The molecule has 2 heterocycles. The Balaban J connectivity index is 1.39. The van der Waals surface area contributed by atoms with Crippen LogP contribution in [-0.2, 0) is 11.3 Å². The van der Waals surface area contributed by atoms with Crippen molar-refractivity contribution in [3.8, 4) is 6.07 Å². The van der Waals surface area contributed by atoms with E-state index in [-0.39, 0.29) is 17.9 Å². The number of carbonyl (C=O) groups excluding carboxylic acids is 1. The van der Waals surface area contributed by atoms with Crippen LogP contribution in [0.2, 0.25) is 0 Å². The van der Waals surface area contributed by atoms with E-state index in [1.54, 1.807) is 6.33 Å². The normalized spacial score (nSPS) is 16.9. The molecule has 1 amide bonds. The highest BCUT2D eigenvalue weighted by Crippen LogP contribution is 2.25. The molecule has 3 aromatic rings. The van der Waals surface area contributed by atoms with Crippen molar-refractivity contribution in [2.24, 2.45) is 5.92 Å². The molecule has 164 valence electrons. The van der Waals surface area contributed by atoms with E-state index in [4.69, 9.17) is 5.26 Å². The van der Waals surface area contributed by atoms with Crippen molar-refractivity contribution in [3.63, 3.8) is 0 Å². The Morgan fingerprint density at radius 3 is 2.84 bits per heavy atom. The van der Waals surface area contributed by atoms with Crippen molar-refractivity contribution in [3.05, 3.63) is 83.4 Å². The minimum atomic E-state index is -0.141. The average molecular weight is 428 g/mol. The van der Waals surface area contributed by atoms with Crippen LogP contribution in [0.25, 0.3) is 0 Å². The number of nitrogens with one attached hydrogen (secondary N) is 1. The van der Waals surface area contributed by atoms with E-state index < -0.39 is 0 Å². The van der Waals surface area contributed by atoms with E-state index in [0.29, 0.717) is 12.1 Å². The molecule has 6 heteroatoms. The Labute approximate surface area is 189 Å². The van der Waals surface area contributed by atoms with Crippen LogP contribution in [0.4, 0.5) is 5.69 Å². The largest absolute Gasteiger partial charge is 0.371 e. The zero-order valence-corrected chi connectivity index (χ0v) is 18.7. The zero-order chi connectivity index (χ0) is 22.5. The van der Waals surface area contributed by atoms with Gasteiger partial charge in [-0.05, 0) is 62.1 Å². The maximum Gasteiger partial charge on any atom is 0.225 e. The number of nitriles is 1. The number of nitrogens with zero attached hydrogens (tertiary/aromatic N) is 4. The summed E-state index contributed by atoms with van der Waals surface area (Å²) >= 11 is 0. The number of carbonyl (C=O) groups is 1. The van der Waals surface area contributed by atoms with Crippen LogP contribution in [0.15, 0.2) is 61.1 Å². The number of benzene rings is 2. The van der Waals surface area contributed by atoms with E-state index in [0.717, 1.165) is 37.2 Å². The maximum absolute atomic E-state index is 13.1. The number of aromatic nitrogens is 2. The second-order valence-corrected chi connectivity index (χ2v) is 8.61. The quantitative estimate of drug-likeness (QED) is 0.640. The van der Waals surface area contributed by atoms with Gasteiger partial charge in [0.1, 0.15) is 0 Å². The van der Waals surface area contributed by atoms with Crippen LogP contribution in [0, 0.1) is 24.2 Å². The molecule has 0 saturated carbocycles. The Morgan fingerprint density at radius 2 is 2.09 bits per heavy atom. The monoisotopic (exact) mass is 427 g/mol. The molecule has 6 nitrogen and oxygen atoms in total. The van der Waals surface area contributed by atoms with Crippen LogP contribution in [0.1, 0.15) is 48.2 Å². The molecule has 2 aromatic carbocycles. The third-order valence-corrected chi connectivity index (χ3v) is 6.14. The molecule has 32 heavy (non-hydrogen) atoms. The molecule has 1 aliphatic rings. The van der Waals surface area contributed by atoms with Gasteiger partial charge in [0.05, 0.1) is 41.8 Å². The first-order valence-corrected chi connectivity index (χ1v) is 11.1. The summed E-state index contributed by atoms with van der Waals surface area (Å²) in [6, 6.07) is 18.0. The Hall–Kier alpha value is -3.59. The predicted octanol–water partition coefficient (Wildman–Crippen LogP) is 4.21. The fourth-order valence-electron chi connectivity index (χ4n) is 4.36.